The number of ether oxygens (including phenoxy) is 1. The zero-order valence-electron chi connectivity index (χ0n) is 19.8. The highest BCUT2D eigenvalue weighted by molar-refractivity contribution is 7.17. The Labute approximate surface area is 214 Å². The van der Waals surface area contributed by atoms with E-state index in [0.717, 1.165) is 11.3 Å². The number of nitrogens with zero attached hydrogens (tertiary/aromatic N) is 3. The van der Waals surface area contributed by atoms with E-state index >= 15 is 0 Å². The number of fused-ring (bicyclic) bond motifs is 5. The molecule has 0 saturated heterocycles. The number of esters is 1. The van der Waals surface area contributed by atoms with Gasteiger partial charge in [0.2, 0.25) is 5.76 Å². The van der Waals surface area contributed by atoms with Crippen molar-refractivity contribution in [1.29, 1.82) is 0 Å². The van der Waals surface area contributed by atoms with E-state index < -0.39 is 28.8 Å². The molecule has 1 spiro atoms. The summed E-state index contributed by atoms with van der Waals surface area (Å²) in [7, 11) is 1.59. The smallest absolute Gasteiger partial charge is 0.350 e. The predicted octanol–water partition coefficient (Wildman–Crippen LogP) is 3.78. The summed E-state index contributed by atoms with van der Waals surface area (Å²) in [4.78, 5) is 62.1. The molecule has 4 aromatic rings. The van der Waals surface area contributed by atoms with E-state index in [1.807, 2.05) is 0 Å². The van der Waals surface area contributed by atoms with Crippen LogP contribution in [0.25, 0.3) is 11.0 Å². The summed E-state index contributed by atoms with van der Waals surface area (Å²) in [6, 6.07) is 13.5. The number of anilines is 2. The number of aryl methyl sites for hydroxylation is 1. The molecule has 184 valence electrons. The third-order valence-corrected chi connectivity index (χ3v) is 7.78. The molecule has 2 amide bonds. The average Bonchev–Trinajstić information content (AvgIpc) is 3.48. The number of hydrogen-bond donors (Lipinski definition) is 0. The van der Waals surface area contributed by atoms with Crippen molar-refractivity contribution >= 4 is 50.9 Å². The zero-order valence-corrected chi connectivity index (χ0v) is 20.6. The van der Waals surface area contributed by atoms with Crippen LogP contribution in [0.15, 0.2) is 70.4 Å². The molecule has 9 nitrogen and oxygen atoms in total. The van der Waals surface area contributed by atoms with Crippen molar-refractivity contribution in [3.8, 4) is 0 Å². The highest BCUT2D eigenvalue weighted by Gasteiger charge is 2.66. The lowest BCUT2D eigenvalue weighted by Crippen LogP contribution is -2.53. The standard InChI is InChI=1S/C27H19N3O6S/c1-4-13-35-24(33)22-14(2)28-26(37-22)30-23(32)21-19(20(31)15-9-5-8-12-18(15)36-21)27(30)16-10-6-7-11-17(16)29(3)25(27)34/h4-12H,1,13H2,2-3H3. The molecule has 2 aromatic heterocycles. The third kappa shape index (κ3) is 2.87. The van der Waals surface area contributed by atoms with Gasteiger partial charge in [-0.1, -0.05) is 54.3 Å². The molecule has 0 bridgehead atoms. The first-order chi connectivity index (χ1) is 17.8. The lowest BCUT2D eigenvalue weighted by atomic mass is 9.84. The molecule has 0 radical (unpaired) electrons. The minimum Gasteiger partial charge on any atom is -0.457 e. The average molecular weight is 514 g/mol. The Bertz CT molecular complexity index is 1740. The Kier molecular flexibility index (Phi) is 4.93. The Balaban J connectivity index is 1.68. The van der Waals surface area contributed by atoms with Crippen molar-refractivity contribution in [3.63, 3.8) is 0 Å². The number of benzene rings is 2. The molecule has 0 aliphatic carbocycles. The van der Waals surface area contributed by atoms with Gasteiger partial charge in [-0.3, -0.25) is 19.3 Å². The molecule has 2 aliphatic rings. The maximum absolute atomic E-state index is 14.2. The van der Waals surface area contributed by atoms with Crippen LogP contribution in [-0.4, -0.2) is 36.4 Å². The minimum atomic E-state index is -1.85. The summed E-state index contributed by atoms with van der Waals surface area (Å²) in [6.07, 6.45) is 1.44. The topological polar surface area (TPSA) is 110 Å². The first kappa shape index (κ1) is 22.9. The van der Waals surface area contributed by atoms with Crippen LogP contribution in [0.2, 0.25) is 0 Å². The lowest BCUT2D eigenvalue weighted by molar-refractivity contribution is -0.121. The maximum atomic E-state index is 14.2. The number of carbonyl (C=O) groups is 3. The Morgan fingerprint density at radius 2 is 1.89 bits per heavy atom. The number of para-hydroxylation sites is 2. The van der Waals surface area contributed by atoms with E-state index in [0.29, 0.717) is 16.9 Å². The van der Waals surface area contributed by atoms with Crippen molar-refractivity contribution in [2.45, 2.75) is 12.5 Å². The predicted molar refractivity (Wildman–Crippen MR) is 137 cm³/mol. The third-order valence-electron chi connectivity index (χ3n) is 6.66. The fourth-order valence-electron chi connectivity index (χ4n) is 5.08. The second-order valence-corrected chi connectivity index (χ2v) is 9.64. The van der Waals surface area contributed by atoms with Crippen LogP contribution >= 0.6 is 11.3 Å². The van der Waals surface area contributed by atoms with Gasteiger partial charge in [0.25, 0.3) is 11.8 Å². The number of aromatic nitrogens is 1. The van der Waals surface area contributed by atoms with Crippen LogP contribution in [0, 0.1) is 6.92 Å². The van der Waals surface area contributed by atoms with Gasteiger partial charge in [-0.2, -0.15) is 0 Å². The van der Waals surface area contributed by atoms with Crippen LogP contribution in [0.3, 0.4) is 0 Å². The molecular formula is C27H19N3O6S. The van der Waals surface area contributed by atoms with Crippen LogP contribution in [0.1, 0.15) is 37.0 Å². The summed E-state index contributed by atoms with van der Waals surface area (Å²) < 4.78 is 11.2. The number of rotatable bonds is 4. The SMILES string of the molecule is C=CCOC(=O)c1sc(N2C(=O)c3oc4ccccc4c(=O)c3C23C(=O)N(C)c2ccccc23)nc1C. The first-order valence-corrected chi connectivity index (χ1v) is 12.2. The van der Waals surface area contributed by atoms with Gasteiger partial charge in [-0.25, -0.2) is 9.78 Å². The minimum absolute atomic E-state index is 0.00516. The second-order valence-electron chi connectivity index (χ2n) is 8.66. The molecule has 1 atom stereocenters. The van der Waals surface area contributed by atoms with E-state index in [9.17, 15) is 19.2 Å². The quantitative estimate of drug-likeness (QED) is 0.302. The summed E-state index contributed by atoms with van der Waals surface area (Å²) in [5, 5.41) is 0.320. The Morgan fingerprint density at radius 3 is 2.68 bits per heavy atom. The summed E-state index contributed by atoms with van der Waals surface area (Å²) in [5.41, 5.74) is -0.857. The van der Waals surface area contributed by atoms with Gasteiger partial charge in [0.15, 0.2) is 16.1 Å². The van der Waals surface area contributed by atoms with Crippen LogP contribution in [-0.2, 0) is 15.1 Å². The Hall–Kier alpha value is -4.57. The maximum Gasteiger partial charge on any atom is 0.350 e. The van der Waals surface area contributed by atoms with Gasteiger partial charge in [-0.05, 0) is 25.1 Å². The normalized spacial score (nSPS) is 18.0. The number of likely N-dealkylation sites (N-methyl/N-ethyl adjacent to an activating group) is 1. The monoisotopic (exact) mass is 513 g/mol. The Morgan fingerprint density at radius 1 is 1.16 bits per heavy atom. The number of amides is 2. The van der Waals surface area contributed by atoms with Crippen molar-refractivity contribution in [2.75, 3.05) is 23.5 Å². The molecule has 2 aliphatic heterocycles. The molecule has 0 N–H and O–H groups in total. The summed E-state index contributed by atoms with van der Waals surface area (Å²) in [6.45, 7) is 5.16. The van der Waals surface area contributed by atoms with Crippen molar-refractivity contribution < 1.29 is 23.5 Å². The van der Waals surface area contributed by atoms with Gasteiger partial charge in [-0.15, -0.1) is 0 Å². The van der Waals surface area contributed by atoms with Gasteiger partial charge < -0.3 is 14.1 Å². The van der Waals surface area contributed by atoms with Crippen LogP contribution in [0.4, 0.5) is 10.8 Å². The molecule has 6 rings (SSSR count). The summed E-state index contributed by atoms with van der Waals surface area (Å²) in [5.74, 6) is -2.07. The lowest BCUT2D eigenvalue weighted by Gasteiger charge is -2.31. The first-order valence-electron chi connectivity index (χ1n) is 11.4. The molecule has 0 fully saturated rings. The van der Waals surface area contributed by atoms with Crippen LogP contribution < -0.4 is 15.2 Å². The van der Waals surface area contributed by atoms with E-state index in [-0.39, 0.29) is 38.9 Å². The molecule has 4 heterocycles. The molecule has 10 heteroatoms. The molecule has 2 aromatic carbocycles. The molecule has 1 unspecified atom stereocenters. The molecule has 0 saturated carbocycles. The number of thiazole rings is 1. The van der Waals surface area contributed by atoms with Gasteiger partial charge >= 0.3 is 5.97 Å². The van der Waals surface area contributed by atoms with Crippen molar-refractivity contribution in [1.82, 2.24) is 4.98 Å². The van der Waals surface area contributed by atoms with E-state index in [2.05, 4.69) is 11.6 Å². The number of hydrogen-bond acceptors (Lipinski definition) is 8. The van der Waals surface area contributed by atoms with Gasteiger partial charge in [0.1, 0.15) is 17.1 Å². The second kappa shape index (κ2) is 7.97. The van der Waals surface area contributed by atoms with Crippen molar-refractivity contribution in [2.24, 2.45) is 0 Å². The molecular weight excluding hydrogens is 494 g/mol. The summed E-state index contributed by atoms with van der Waals surface area (Å²) >= 11 is 0.909. The van der Waals surface area contributed by atoms with E-state index in [1.165, 1.54) is 15.9 Å². The van der Waals surface area contributed by atoms with Crippen molar-refractivity contribution in [3.05, 3.63) is 98.9 Å². The highest BCUT2D eigenvalue weighted by Crippen LogP contribution is 2.54. The fraction of sp³-hybridized carbons (Fsp3) is 0.148. The highest BCUT2D eigenvalue weighted by atomic mass is 32.1. The number of carbonyl (C=O) groups excluding carboxylic acids is 3. The van der Waals surface area contributed by atoms with E-state index in [4.69, 9.17) is 9.15 Å². The van der Waals surface area contributed by atoms with Gasteiger partial charge in [0, 0.05) is 18.3 Å². The molecule has 37 heavy (non-hydrogen) atoms. The fourth-order valence-corrected chi connectivity index (χ4v) is 6.09. The largest absolute Gasteiger partial charge is 0.457 e. The zero-order chi connectivity index (χ0) is 26.1. The van der Waals surface area contributed by atoms with Crippen LogP contribution in [0.5, 0.6) is 0 Å². The van der Waals surface area contributed by atoms with Gasteiger partial charge in [0.05, 0.1) is 16.6 Å². The van der Waals surface area contributed by atoms with E-state index in [1.54, 1.807) is 62.5 Å².